The van der Waals surface area contributed by atoms with Gasteiger partial charge in [0.15, 0.2) is 6.29 Å². The second-order valence-electron chi connectivity index (χ2n) is 9.50. The van der Waals surface area contributed by atoms with Gasteiger partial charge in [0.05, 0.1) is 12.2 Å². The molecule has 1 unspecified atom stereocenters. The van der Waals surface area contributed by atoms with E-state index in [0.717, 1.165) is 12.8 Å². The molecule has 0 bridgehead atoms. The van der Waals surface area contributed by atoms with Gasteiger partial charge >= 0.3 is 6.09 Å². The summed E-state index contributed by atoms with van der Waals surface area (Å²) >= 11 is 0. The van der Waals surface area contributed by atoms with Crippen LogP contribution in [0.3, 0.4) is 0 Å². The molecule has 2 aliphatic carbocycles. The zero-order valence-corrected chi connectivity index (χ0v) is 18.7. The largest absolute Gasteiger partial charge is 0.449 e. The first kappa shape index (κ1) is 22.9. The number of imide groups is 1. The summed E-state index contributed by atoms with van der Waals surface area (Å²) in [6.07, 6.45) is 6.60. The minimum Gasteiger partial charge on any atom is -0.449 e. The molecule has 1 aliphatic heterocycles. The Labute approximate surface area is 192 Å². The molecular weight excluding hydrogens is 426 g/mol. The van der Waals surface area contributed by atoms with Gasteiger partial charge in [-0.25, -0.2) is 4.79 Å². The first-order chi connectivity index (χ1) is 15.8. The van der Waals surface area contributed by atoms with E-state index >= 15 is 0 Å². The zero-order chi connectivity index (χ0) is 23.6. The van der Waals surface area contributed by atoms with E-state index in [0.29, 0.717) is 29.8 Å². The van der Waals surface area contributed by atoms with Gasteiger partial charge in [0, 0.05) is 25.6 Å². The summed E-state index contributed by atoms with van der Waals surface area (Å²) in [4.78, 5) is 61.3. The van der Waals surface area contributed by atoms with Crippen LogP contribution in [0.25, 0.3) is 0 Å². The summed E-state index contributed by atoms with van der Waals surface area (Å²) in [6.45, 7) is 0.549. The average molecular weight is 456 g/mol. The van der Waals surface area contributed by atoms with Crippen LogP contribution < -0.4 is 10.6 Å². The number of nitrogens with one attached hydrogen (secondary N) is 2. The summed E-state index contributed by atoms with van der Waals surface area (Å²) < 4.78 is 5.34. The predicted molar refractivity (Wildman–Crippen MR) is 117 cm³/mol. The fourth-order valence-corrected chi connectivity index (χ4v) is 5.17. The van der Waals surface area contributed by atoms with Gasteiger partial charge in [-0.1, -0.05) is 18.6 Å². The molecule has 3 fully saturated rings. The SMILES string of the molecule is CN(C(=O)c1cc(CNC(=O)OCC2CC3(CCC3)C2)ccc1C=O)C1CCC(=O)NC1=O. The van der Waals surface area contributed by atoms with Crippen molar-refractivity contribution in [3.8, 4) is 0 Å². The van der Waals surface area contributed by atoms with Crippen molar-refractivity contribution in [2.24, 2.45) is 11.3 Å². The topological polar surface area (TPSA) is 122 Å². The number of ether oxygens (including phenoxy) is 1. The number of amides is 4. The van der Waals surface area contributed by atoms with E-state index in [1.165, 1.54) is 43.3 Å². The number of nitrogens with zero attached hydrogens (tertiary/aromatic N) is 1. The van der Waals surface area contributed by atoms with Crippen LogP contribution in [0.2, 0.25) is 0 Å². The lowest BCUT2D eigenvalue weighted by atomic mass is 9.52. The molecule has 1 aromatic rings. The molecule has 9 heteroatoms. The molecule has 3 aliphatic rings. The molecule has 1 atom stereocenters. The minimum atomic E-state index is -0.794. The summed E-state index contributed by atoms with van der Waals surface area (Å²) in [5.41, 5.74) is 1.47. The van der Waals surface area contributed by atoms with Gasteiger partial charge in [-0.15, -0.1) is 0 Å². The lowest BCUT2D eigenvalue weighted by molar-refractivity contribution is -0.136. The van der Waals surface area contributed by atoms with E-state index in [2.05, 4.69) is 10.6 Å². The van der Waals surface area contributed by atoms with E-state index in [-0.39, 0.29) is 36.4 Å². The fourth-order valence-electron chi connectivity index (χ4n) is 5.17. The van der Waals surface area contributed by atoms with E-state index in [1.807, 2.05) is 0 Å². The number of alkyl carbamates (subject to hydrolysis) is 1. The molecule has 1 saturated heterocycles. The van der Waals surface area contributed by atoms with E-state index in [4.69, 9.17) is 4.74 Å². The van der Waals surface area contributed by atoms with E-state index < -0.39 is 23.9 Å². The summed E-state index contributed by atoms with van der Waals surface area (Å²) in [5.74, 6) is -0.976. The first-order valence-electron chi connectivity index (χ1n) is 11.4. The van der Waals surface area contributed by atoms with Gasteiger partial charge in [-0.2, -0.15) is 0 Å². The molecule has 4 rings (SSSR count). The van der Waals surface area contributed by atoms with Crippen molar-refractivity contribution < 1.29 is 28.7 Å². The maximum atomic E-state index is 13.0. The Morgan fingerprint density at radius 3 is 2.67 bits per heavy atom. The van der Waals surface area contributed by atoms with Gasteiger partial charge in [0.1, 0.15) is 6.04 Å². The normalized spacial score (nSPS) is 21.4. The van der Waals surface area contributed by atoms with Crippen LogP contribution in [0.1, 0.15) is 71.2 Å². The fraction of sp³-hybridized carbons (Fsp3) is 0.542. The number of piperidine rings is 1. The minimum absolute atomic E-state index is 0.130. The maximum absolute atomic E-state index is 13.0. The second-order valence-corrected chi connectivity index (χ2v) is 9.50. The van der Waals surface area contributed by atoms with Gasteiger partial charge in [0.25, 0.3) is 5.91 Å². The number of hydrogen-bond donors (Lipinski definition) is 2. The number of carbonyl (C=O) groups excluding carboxylic acids is 5. The molecule has 176 valence electrons. The Hall–Kier alpha value is -3.23. The van der Waals surface area contributed by atoms with Crippen LogP contribution in [-0.4, -0.2) is 54.7 Å². The molecule has 1 heterocycles. The molecule has 33 heavy (non-hydrogen) atoms. The number of rotatable bonds is 7. The number of aldehydes is 1. The lowest BCUT2D eigenvalue weighted by Gasteiger charge is -2.54. The highest BCUT2D eigenvalue weighted by molar-refractivity contribution is 6.06. The van der Waals surface area contributed by atoms with Crippen molar-refractivity contribution in [3.05, 3.63) is 34.9 Å². The average Bonchev–Trinajstić information content (AvgIpc) is 2.74. The third-order valence-corrected chi connectivity index (χ3v) is 7.22. The van der Waals surface area contributed by atoms with Gasteiger partial charge in [-0.3, -0.25) is 24.5 Å². The molecule has 2 N–H and O–H groups in total. The van der Waals surface area contributed by atoms with Crippen LogP contribution in [0.5, 0.6) is 0 Å². The first-order valence-corrected chi connectivity index (χ1v) is 11.4. The zero-order valence-electron chi connectivity index (χ0n) is 18.7. The highest BCUT2D eigenvalue weighted by Gasteiger charge is 2.48. The molecule has 1 spiro atoms. The van der Waals surface area contributed by atoms with Gasteiger partial charge in [0.2, 0.25) is 11.8 Å². The molecule has 1 aromatic carbocycles. The third-order valence-electron chi connectivity index (χ3n) is 7.22. The Bertz CT molecular complexity index is 978. The molecule has 0 aromatic heterocycles. The molecule has 4 amide bonds. The highest BCUT2D eigenvalue weighted by Crippen LogP contribution is 2.58. The molecule has 9 nitrogen and oxygen atoms in total. The van der Waals surface area contributed by atoms with Gasteiger partial charge in [-0.05, 0) is 55.1 Å². The molecule has 2 saturated carbocycles. The molecule has 0 radical (unpaired) electrons. The Kier molecular flexibility index (Phi) is 6.49. The maximum Gasteiger partial charge on any atom is 0.407 e. The Balaban J connectivity index is 1.32. The van der Waals surface area contributed by atoms with Crippen molar-refractivity contribution in [2.45, 2.75) is 57.5 Å². The smallest absolute Gasteiger partial charge is 0.407 e. The van der Waals surface area contributed by atoms with Crippen molar-refractivity contribution in [1.82, 2.24) is 15.5 Å². The van der Waals surface area contributed by atoms with Crippen LogP contribution >= 0.6 is 0 Å². The number of carbonyl (C=O) groups is 5. The number of benzene rings is 1. The predicted octanol–water partition coefficient (Wildman–Crippen LogP) is 2.18. The monoisotopic (exact) mass is 455 g/mol. The highest BCUT2D eigenvalue weighted by atomic mass is 16.5. The van der Waals surface area contributed by atoms with Crippen LogP contribution in [-0.2, 0) is 20.9 Å². The number of hydrogen-bond acceptors (Lipinski definition) is 6. The quantitative estimate of drug-likeness (QED) is 0.480. The summed E-state index contributed by atoms with van der Waals surface area (Å²) in [6, 6.07) is 3.89. The third kappa shape index (κ3) is 4.91. The summed E-state index contributed by atoms with van der Waals surface area (Å²) in [5, 5.41) is 4.91. The van der Waals surface area contributed by atoms with Crippen molar-refractivity contribution in [1.29, 1.82) is 0 Å². The van der Waals surface area contributed by atoms with Crippen LogP contribution in [0, 0.1) is 11.3 Å². The van der Waals surface area contributed by atoms with Crippen molar-refractivity contribution in [3.63, 3.8) is 0 Å². The standard InChI is InChI=1S/C24H29N3O6/c1-27(19-5-6-20(29)26-21(19)30)22(31)18-9-15(3-4-17(18)13-28)12-25-23(32)33-14-16-10-24(11-16)7-2-8-24/h3-4,9,13,16,19H,2,5-8,10-12,14H2,1H3,(H,25,32)(H,26,29,30). The lowest BCUT2D eigenvalue weighted by Crippen LogP contribution is -2.53. The van der Waals surface area contributed by atoms with E-state index in [1.54, 1.807) is 6.07 Å². The van der Waals surface area contributed by atoms with Crippen LogP contribution in [0.4, 0.5) is 4.79 Å². The number of likely N-dealkylation sites (N-methyl/N-ethyl adjacent to an activating group) is 1. The van der Waals surface area contributed by atoms with Crippen molar-refractivity contribution in [2.75, 3.05) is 13.7 Å². The van der Waals surface area contributed by atoms with E-state index in [9.17, 15) is 24.0 Å². The van der Waals surface area contributed by atoms with Crippen molar-refractivity contribution >= 4 is 30.1 Å². The van der Waals surface area contributed by atoms with Crippen LogP contribution in [0.15, 0.2) is 18.2 Å². The Morgan fingerprint density at radius 1 is 1.27 bits per heavy atom. The molecular formula is C24H29N3O6. The summed E-state index contributed by atoms with van der Waals surface area (Å²) in [7, 11) is 1.47. The second kappa shape index (κ2) is 9.33. The van der Waals surface area contributed by atoms with Gasteiger partial charge < -0.3 is 15.0 Å². The Morgan fingerprint density at radius 2 is 2.03 bits per heavy atom.